The molecular formula is C13H21N. The Hall–Kier alpha value is -0.560. The van der Waals surface area contributed by atoms with Gasteiger partial charge in [-0.3, -0.25) is 0 Å². The molecule has 2 rings (SSSR count). The summed E-state index contributed by atoms with van der Waals surface area (Å²) in [6, 6.07) is 0. The van der Waals surface area contributed by atoms with Crippen molar-refractivity contribution in [2.75, 3.05) is 20.1 Å². The predicted octanol–water partition coefficient (Wildman–Crippen LogP) is 2.99. The Morgan fingerprint density at radius 1 is 1.50 bits per heavy atom. The first-order chi connectivity index (χ1) is 6.70. The number of rotatable bonds is 1. The SMILES string of the molecule is CCC1=CC2=C(CC1C)CN(C)CC2. The van der Waals surface area contributed by atoms with Crippen molar-refractivity contribution in [2.24, 2.45) is 5.92 Å². The van der Waals surface area contributed by atoms with Gasteiger partial charge in [-0.05, 0) is 37.8 Å². The molecule has 0 spiro atoms. The van der Waals surface area contributed by atoms with Crippen molar-refractivity contribution in [2.45, 2.75) is 33.1 Å². The van der Waals surface area contributed by atoms with Gasteiger partial charge in [0.2, 0.25) is 0 Å². The molecule has 1 nitrogen and oxygen atoms in total. The van der Waals surface area contributed by atoms with Gasteiger partial charge in [0, 0.05) is 13.1 Å². The fraction of sp³-hybridized carbons (Fsp3) is 0.692. The van der Waals surface area contributed by atoms with E-state index in [9.17, 15) is 0 Å². The maximum absolute atomic E-state index is 2.48. The van der Waals surface area contributed by atoms with E-state index in [-0.39, 0.29) is 0 Å². The molecule has 0 fully saturated rings. The lowest BCUT2D eigenvalue weighted by Gasteiger charge is -2.32. The van der Waals surface area contributed by atoms with Crippen LogP contribution in [-0.2, 0) is 0 Å². The Kier molecular flexibility index (Phi) is 2.78. The van der Waals surface area contributed by atoms with E-state index in [2.05, 4.69) is 31.9 Å². The molecule has 1 unspecified atom stereocenters. The molecule has 0 amide bonds. The fourth-order valence-electron chi connectivity index (χ4n) is 2.68. The van der Waals surface area contributed by atoms with Crippen LogP contribution < -0.4 is 0 Å². The molecule has 14 heavy (non-hydrogen) atoms. The highest BCUT2D eigenvalue weighted by atomic mass is 15.1. The van der Waals surface area contributed by atoms with Crippen molar-refractivity contribution in [3.8, 4) is 0 Å². The summed E-state index contributed by atoms with van der Waals surface area (Å²) in [5.74, 6) is 0.783. The molecule has 0 saturated heterocycles. The number of hydrogen-bond acceptors (Lipinski definition) is 1. The fourth-order valence-corrected chi connectivity index (χ4v) is 2.68. The minimum absolute atomic E-state index is 0.783. The van der Waals surface area contributed by atoms with Crippen LogP contribution in [0.5, 0.6) is 0 Å². The lowest BCUT2D eigenvalue weighted by Crippen LogP contribution is -2.29. The molecule has 0 saturated carbocycles. The molecule has 0 radical (unpaired) electrons. The Morgan fingerprint density at radius 2 is 2.29 bits per heavy atom. The zero-order valence-electron chi connectivity index (χ0n) is 9.64. The van der Waals surface area contributed by atoms with E-state index in [1.165, 1.54) is 32.4 Å². The van der Waals surface area contributed by atoms with Crippen LogP contribution in [0, 0.1) is 5.92 Å². The van der Waals surface area contributed by atoms with Crippen molar-refractivity contribution in [3.05, 3.63) is 22.8 Å². The average molecular weight is 191 g/mol. The third-order valence-electron chi connectivity index (χ3n) is 3.63. The van der Waals surface area contributed by atoms with Crippen LogP contribution in [0.4, 0.5) is 0 Å². The highest BCUT2D eigenvalue weighted by molar-refractivity contribution is 5.37. The summed E-state index contributed by atoms with van der Waals surface area (Å²) in [7, 11) is 2.23. The van der Waals surface area contributed by atoms with Crippen LogP contribution in [0.2, 0.25) is 0 Å². The van der Waals surface area contributed by atoms with Crippen LogP contribution >= 0.6 is 0 Å². The van der Waals surface area contributed by atoms with Crippen molar-refractivity contribution in [1.82, 2.24) is 4.90 Å². The van der Waals surface area contributed by atoms with Gasteiger partial charge in [-0.2, -0.15) is 0 Å². The molecule has 0 aromatic carbocycles. The normalized spacial score (nSPS) is 28.8. The Bertz CT molecular complexity index is 286. The van der Waals surface area contributed by atoms with Gasteiger partial charge in [-0.25, -0.2) is 0 Å². The molecule has 1 atom stereocenters. The summed E-state index contributed by atoms with van der Waals surface area (Å²) >= 11 is 0. The Labute approximate surface area is 87.5 Å². The minimum Gasteiger partial charge on any atom is -0.302 e. The van der Waals surface area contributed by atoms with E-state index in [0.717, 1.165) is 5.92 Å². The first kappa shape index (κ1) is 9.97. The topological polar surface area (TPSA) is 3.24 Å². The summed E-state index contributed by atoms with van der Waals surface area (Å²) in [5.41, 5.74) is 5.01. The summed E-state index contributed by atoms with van der Waals surface area (Å²) in [6.07, 6.45) is 6.28. The maximum atomic E-state index is 2.48. The predicted molar refractivity (Wildman–Crippen MR) is 61.3 cm³/mol. The lowest BCUT2D eigenvalue weighted by atomic mass is 9.81. The van der Waals surface area contributed by atoms with Crippen LogP contribution in [0.15, 0.2) is 22.8 Å². The number of allylic oxidation sites excluding steroid dienone is 2. The molecular weight excluding hydrogens is 170 g/mol. The Balaban J connectivity index is 2.23. The quantitative estimate of drug-likeness (QED) is 0.616. The summed E-state index contributed by atoms with van der Waals surface area (Å²) in [6.45, 7) is 7.09. The third-order valence-corrected chi connectivity index (χ3v) is 3.63. The van der Waals surface area contributed by atoms with Crippen molar-refractivity contribution >= 4 is 0 Å². The van der Waals surface area contributed by atoms with E-state index in [4.69, 9.17) is 0 Å². The number of likely N-dealkylation sites (N-methyl/N-ethyl adjacent to an activating group) is 1. The molecule has 78 valence electrons. The maximum Gasteiger partial charge on any atom is 0.0196 e. The third kappa shape index (κ3) is 1.78. The van der Waals surface area contributed by atoms with Crippen molar-refractivity contribution in [3.63, 3.8) is 0 Å². The largest absolute Gasteiger partial charge is 0.302 e. The molecule has 0 N–H and O–H groups in total. The number of nitrogens with zero attached hydrogens (tertiary/aromatic N) is 1. The number of hydrogen-bond donors (Lipinski definition) is 0. The van der Waals surface area contributed by atoms with Gasteiger partial charge >= 0.3 is 0 Å². The Morgan fingerprint density at radius 3 is 3.00 bits per heavy atom. The second-order valence-corrected chi connectivity index (χ2v) is 4.79. The average Bonchev–Trinajstić information content (AvgIpc) is 2.16. The molecule has 0 aromatic rings. The first-order valence-electron chi connectivity index (χ1n) is 5.80. The van der Waals surface area contributed by atoms with Crippen molar-refractivity contribution in [1.29, 1.82) is 0 Å². The van der Waals surface area contributed by atoms with Crippen LogP contribution in [0.1, 0.15) is 33.1 Å². The van der Waals surface area contributed by atoms with Gasteiger partial charge in [0.15, 0.2) is 0 Å². The first-order valence-corrected chi connectivity index (χ1v) is 5.80. The van der Waals surface area contributed by atoms with E-state index in [1.807, 2.05) is 0 Å². The van der Waals surface area contributed by atoms with Gasteiger partial charge in [0.25, 0.3) is 0 Å². The van der Waals surface area contributed by atoms with E-state index < -0.39 is 0 Å². The monoisotopic (exact) mass is 191 g/mol. The van der Waals surface area contributed by atoms with Crippen molar-refractivity contribution < 1.29 is 0 Å². The summed E-state index contributed by atoms with van der Waals surface area (Å²) in [5, 5.41) is 0. The summed E-state index contributed by atoms with van der Waals surface area (Å²) in [4.78, 5) is 2.44. The molecule has 1 aliphatic heterocycles. The van der Waals surface area contributed by atoms with Crippen LogP contribution in [-0.4, -0.2) is 25.0 Å². The lowest BCUT2D eigenvalue weighted by molar-refractivity contribution is 0.338. The smallest absolute Gasteiger partial charge is 0.0196 e. The van der Waals surface area contributed by atoms with E-state index in [0.29, 0.717) is 0 Å². The van der Waals surface area contributed by atoms with Gasteiger partial charge in [0.05, 0.1) is 0 Å². The molecule has 2 aliphatic rings. The van der Waals surface area contributed by atoms with E-state index in [1.54, 1.807) is 16.7 Å². The van der Waals surface area contributed by atoms with Crippen LogP contribution in [0.25, 0.3) is 0 Å². The highest BCUT2D eigenvalue weighted by Gasteiger charge is 2.22. The molecule has 0 bridgehead atoms. The van der Waals surface area contributed by atoms with Gasteiger partial charge in [-0.1, -0.05) is 31.1 Å². The second kappa shape index (κ2) is 3.90. The van der Waals surface area contributed by atoms with Gasteiger partial charge in [0.1, 0.15) is 0 Å². The zero-order valence-corrected chi connectivity index (χ0v) is 9.64. The zero-order chi connectivity index (χ0) is 10.1. The second-order valence-electron chi connectivity index (χ2n) is 4.79. The van der Waals surface area contributed by atoms with Gasteiger partial charge < -0.3 is 4.90 Å². The van der Waals surface area contributed by atoms with E-state index >= 15 is 0 Å². The molecule has 1 heterocycles. The molecule has 1 aliphatic carbocycles. The van der Waals surface area contributed by atoms with Crippen LogP contribution in [0.3, 0.4) is 0 Å². The standard InChI is InChI=1S/C13H21N/c1-4-11-8-12-5-6-14(3)9-13(12)7-10(11)2/h8,10H,4-7,9H2,1-3H3. The molecule has 1 heteroatoms. The summed E-state index contributed by atoms with van der Waals surface area (Å²) < 4.78 is 0. The minimum atomic E-state index is 0.783. The molecule has 0 aromatic heterocycles. The highest BCUT2D eigenvalue weighted by Crippen LogP contribution is 2.34. The van der Waals surface area contributed by atoms with Gasteiger partial charge in [-0.15, -0.1) is 0 Å².